The molecule has 1 N–H and O–H groups in total. The molecule has 0 aromatic rings. The van der Waals surface area contributed by atoms with Crippen LogP contribution in [-0.2, 0) is 0 Å². The molecule has 0 aromatic heterocycles. The van der Waals surface area contributed by atoms with Gasteiger partial charge in [0.05, 0.1) is 0 Å². The van der Waals surface area contributed by atoms with Gasteiger partial charge >= 0.3 is 0 Å². The van der Waals surface area contributed by atoms with Gasteiger partial charge in [-0.2, -0.15) is 11.8 Å². The van der Waals surface area contributed by atoms with Gasteiger partial charge in [0.1, 0.15) is 0 Å². The Kier molecular flexibility index (Phi) is 5.84. The Hall–Kier alpha value is 0.270. The molecule has 0 spiro atoms. The van der Waals surface area contributed by atoms with Gasteiger partial charge in [-0.15, -0.1) is 0 Å². The second kappa shape index (κ2) is 7.16. The van der Waals surface area contributed by atoms with Crippen LogP contribution < -0.4 is 5.32 Å². The summed E-state index contributed by atoms with van der Waals surface area (Å²) in [6, 6.07) is 1.55. The van der Waals surface area contributed by atoms with E-state index in [-0.39, 0.29) is 0 Å². The van der Waals surface area contributed by atoms with Crippen molar-refractivity contribution in [3.8, 4) is 0 Å². The van der Waals surface area contributed by atoms with Crippen LogP contribution in [-0.4, -0.2) is 48.1 Å². The van der Waals surface area contributed by atoms with Crippen molar-refractivity contribution >= 4 is 11.8 Å². The first-order valence-electron chi connectivity index (χ1n) is 7.77. The first-order chi connectivity index (χ1) is 8.72. The summed E-state index contributed by atoms with van der Waals surface area (Å²) in [5.41, 5.74) is 0. The molecule has 1 aliphatic carbocycles. The zero-order valence-electron chi connectivity index (χ0n) is 12.3. The maximum atomic E-state index is 3.80. The van der Waals surface area contributed by atoms with Crippen LogP contribution in [0.25, 0.3) is 0 Å². The van der Waals surface area contributed by atoms with E-state index in [1.165, 1.54) is 50.4 Å². The molecule has 0 aromatic carbocycles. The van der Waals surface area contributed by atoms with E-state index < -0.39 is 0 Å². The van der Waals surface area contributed by atoms with Crippen LogP contribution >= 0.6 is 11.8 Å². The highest BCUT2D eigenvalue weighted by atomic mass is 32.2. The Morgan fingerprint density at radius 1 is 1.33 bits per heavy atom. The third kappa shape index (κ3) is 4.14. The van der Waals surface area contributed by atoms with Crippen LogP contribution in [0.15, 0.2) is 0 Å². The summed E-state index contributed by atoms with van der Waals surface area (Å²) in [6.07, 6.45) is 4.28. The van der Waals surface area contributed by atoms with Crippen LogP contribution in [0, 0.1) is 11.8 Å². The molecule has 0 radical (unpaired) electrons. The van der Waals surface area contributed by atoms with Crippen molar-refractivity contribution < 1.29 is 0 Å². The smallest absolute Gasteiger partial charge is 0.0244 e. The second-order valence-corrected chi connectivity index (χ2v) is 7.60. The molecule has 3 heteroatoms. The summed E-state index contributed by atoms with van der Waals surface area (Å²) in [4.78, 5) is 2.78. The van der Waals surface area contributed by atoms with E-state index in [0.29, 0.717) is 0 Å². The van der Waals surface area contributed by atoms with Gasteiger partial charge in [-0.05, 0) is 49.1 Å². The minimum absolute atomic E-state index is 0.756. The standard InChI is InChI=1S/C15H30N2S/c1-4-18-9-5-8-17-11-14(13-6-7-13)16-10-15(17)12(2)3/h12-16H,4-11H2,1-3H3. The number of thioether (sulfide) groups is 1. The van der Waals surface area contributed by atoms with E-state index in [4.69, 9.17) is 0 Å². The number of rotatable bonds is 7. The lowest BCUT2D eigenvalue weighted by Crippen LogP contribution is -2.59. The molecule has 106 valence electrons. The first-order valence-corrected chi connectivity index (χ1v) is 8.93. The van der Waals surface area contributed by atoms with Gasteiger partial charge in [0.25, 0.3) is 0 Å². The average molecular weight is 270 g/mol. The molecule has 2 aliphatic rings. The molecule has 18 heavy (non-hydrogen) atoms. The van der Waals surface area contributed by atoms with E-state index in [1.807, 2.05) is 0 Å². The molecule has 2 atom stereocenters. The van der Waals surface area contributed by atoms with Crippen molar-refractivity contribution in [1.29, 1.82) is 0 Å². The van der Waals surface area contributed by atoms with Crippen LogP contribution in [0.2, 0.25) is 0 Å². The minimum atomic E-state index is 0.756. The normalized spacial score (nSPS) is 30.0. The fraction of sp³-hybridized carbons (Fsp3) is 1.00. The first kappa shape index (κ1) is 14.7. The van der Waals surface area contributed by atoms with Gasteiger partial charge in [0, 0.05) is 25.2 Å². The lowest BCUT2D eigenvalue weighted by Gasteiger charge is -2.42. The number of nitrogens with zero attached hydrogens (tertiary/aromatic N) is 1. The van der Waals surface area contributed by atoms with E-state index >= 15 is 0 Å². The van der Waals surface area contributed by atoms with E-state index in [0.717, 1.165) is 23.9 Å². The number of hydrogen-bond donors (Lipinski definition) is 1. The number of nitrogens with one attached hydrogen (secondary N) is 1. The molecular weight excluding hydrogens is 240 g/mol. The van der Waals surface area contributed by atoms with Crippen molar-refractivity contribution in [2.75, 3.05) is 31.1 Å². The van der Waals surface area contributed by atoms with Crippen LogP contribution in [0.4, 0.5) is 0 Å². The Morgan fingerprint density at radius 3 is 2.72 bits per heavy atom. The Balaban J connectivity index is 1.79. The molecule has 2 nitrogen and oxygen atoms in total. The highest BCUT2D eigenvalue weighted by molar-refractivity contribution is 7.99. The fourth-order valence-corrected chi connectivity index (χ4v) is 3.72. The Labute approximate surface area is 117 Å². The third-order valence-corrected chi connectivity index (χ3v) is 5.37. The molecule has 2 fully saturated rings. The molecular formula is C15H30N2S. The van der Waals surface area contributed by atoms with Gasteiger partial charge in [-0.1, -0.05) is 20.8 Å². The zero-order chi connectivity index (χ0) is 13.0. The molecule has 0 bridgehead atoms. The fourth-order valence-electron chi connectivity index (χ4n) is 3.10. The Morgan fingerprint density at radius 2 is 2.11 bits per heavy atom. The van der Waals surface area contributed by atoms with Crippen LogP contribution in [0.5, 0.6) is 0 Å². The van der Waals surface area contributed by atoms with Crippen molar-refractivity contribution in [3.05, 3.63) is 0 Å². The van der Waals surface area contributed by atoms with Crippen molar-refractivity contribution in [2.24, 2.45) is 11.8 Å². The van der Waals surface area contributed by atoms with Gasteiger partial charge in [0.15, 0.2) is 0 Å². The third-order valence-electron chi connectivity index (χ3n) is 4.39. The highest BCUT2D eigenvalue weighted by Crippen LogP contribution is 2.34. The summed E-state index contributed by atoms with van der Waals surface area (Å²) in [6.45, 7) is 10.8. The highest BCUT2D eigenvalue weighted by Gasteiger charge is 2.37. The summed E-state index contributed by atoms with van der Waals surface area (Å²) in [7, 11) is 0. The Bertz CT molecular complexity index is 241. The largest absolute Gasteiger partial charge is 0.311 e. The number of piperazine rings is 1. The van der Waals surface area contributed by atoms with Crippen molar-refractivity contribution in [3.63, 3.8) is 0 Å². The summed E-state index contributed by atoms with van der Waals surface area (Å²) >= 11 is 2.08. The molecule has 1 saturated heterocycles. The zero-order valence-corrected chi connectivity index (χ0v) is 13.1. The van der Waals surface area contributed by atoms with Gasteiger partial charge in [0.2, 0.25) is 0 Å². The summed E-state index contributed by atoms with van der Waals surface area (Å²) in [5.74, 6) is 4.36. The van der Waals surface area contributed by atoms with E-state index in [2.05, 4.69) is 42.7 Å². The number of hydrogen-bond acceptors (Lipinski definition) is 3. The molecule has 1 heterocycles. The van der Waals surface area contributed by atoms with Crippen molar-refractivity contribution in [2.45, 2.75) is 52.1 Å². The van der Waals surface area contributed by atoms with E-state index in [1.54, 1.807) is 0 Å². The van der Waals surface area contributed by atoms with Gasteiger partial charge < -0.3 is 5.32 Å². The monoisotopic (exact) mass is 270 g/mol. The van der Waals surface area contributed by atoms with Crippen LogP contribution in [0.3, 0.4) is 0 Å². The molecule has 2 rings (SSSR count). The lowest BCUT2D eigenvalue weighted by molar-refractivity contribution is 0.0928. The van der Waals surface area contributed by atoms with Crippen LogP contribution in [0.1, 0.15) is 40.0 Å². The molecule has 2 unspecified atom stereocenters. The second-order valence-electron chi connectivity index (χ2n) is 6.21. The molecule has 1 saturated carbocycles. The lowest BCUT2D eigenvalue weighted by atomic mass is 9.97. The molecule has 1 aliphatic heterocycles. The SMILES string of the molecule is CCSCCCN1CC(C2CC2)NCC1C(C)C. The predicted octanol–water partition coefficient (Wildman–Crippen LogP) is 2.84. The predicted molar refractivity (Wildman–Crippen MR) is 82.3 cm³/mol. The van der Waals surface area contributed by atoms with Crippen molar-refractivity contribution in [1.82, 2.24) is 10.2 Å². The summed E-state index contributed by atoms with van der Waals surface area (Å²) < 4.78 is 0. The molecule has 0 amide bonds. The average Bonchev–Trinajstić information content (AvgIpc) is 3.18. The van der Waals surface area contributed by atoms with E-state index in [9.17, 15) is 0 Å². The maximum Gasteiger partial charge on any atom is 0.0244 e. The topological polar surface area (TPSA) is 15.3 Å². The van der Waals surface area contributed by atoms with Gasteiger partial charge in [-0.25, -0.2) is 0 Å². The summed E-state index contributed by atoms with van der Waals surface area (Å²) in [5, 5.41) is 3.80. The van der Waals surface area contributed by atoms with Gasteiger partial charge in [-0.3, -0.25) is 4.90 Å². The quantitative estimate of drug-likeness (QED) is 0.716. The minimum Gasteiger partial charge on any atom is -0.311 e. The maximum absolute atomic E-state index is 3.80.